The Morgan fingerprint density at radius 1 is 1.21 bits per heavy atom. The molecular formula is C16H15N2O5S+. The van der Waals surface area contributed by atoms with Gasteiger partial charge in [0.2, 0.25) is 5.69 Å². The largest absolute Gasteiger partial charge is 0.494 e. The summed E-state index contributed by atoms with van der Waals surface area (Å²) in [5.74, 6) is -0.919. The molecule has 7 nitrogen and oxygen atoms in total. The van der Waals surface area contributed by atoms with Crippen molar-refractivity contribution in [2.75, 3.05) is 12.5 Å². The molecule has 0 amide bonds. The number of ether oxygens (including phenoxy) is 1. The Morgan fingerprint density at radius 3 is 2.67 bits per heavy atom. The van der Waals surface area contributed by atoms with Crippen LogP contribution in [0.25, 0.3) is 10.1 Å². The van der Waals surface area contributed by atoms with Crippen molar-refractivity contribution in [3.05, 3.63) is 53.4 Å². The summed E-state index contributed by atoms with van der Waals surface area (Å²) in [7, 11) is 1.37. The molecule has 3 aromatic rings. The van der Waals surface area contributed by atoms with E-state index in [1.165, 1.54) is 36.6 Å². The smallest absolute Gasteiger partial charge is 0.335 e. The van der Waals surface area contributed by atoms with E-state index in [-0.39, 0.29) is 22.7 Å². The van der Waals surface area contributed by atoms with Crippen LogP contribution in [0, 0.1) is 0 Å². The third kappa shape index (κ3) is 2.91. The molecule has 0 saturated heterocycles. The Bertz CT molecular complexity index is 906. The zero-order chi connectivity index (χ0) is 17.3. The second kappa shape index (κ2) is 6.10. The number of carbonyl (C=O) groups is 1. The molecular weight excluding hydrogens is 332 g/mol. The van der Waals surface area contributed by atoms with Crippen LogP contribution < -0.4 is 15.1 Å². The number of rotatable bonds is 5. The van der Waals surface area contributed by atoms with Crippen molar-refractivity contribution in [3.63, 3.8) is 0 Å². The van der Waals surface area contributed by atoms with Crippen molar-refractivity contribution in [2.45, 2.75) is 0 Å². The van der Waals surface area contributed by atoms with Gasteiger partial charge in [-0.05, 0) is 30.3 Å². The van der Waals surface area contributed by atoms with Crippen LogP contribution in [0.4, 0.5) is 11.4 Å². The second-order valence-electron chi connectivity index (χ2n) is 5.05. The van der Waals surface area contributed by atoms with E-state index in [1.54, 1.807) is 17.5 Å². The van der Waals surface area contributed by atoms with Crippen LogP contribution >= 0.6 is 11.3 Å². The van der Waals surface area contributed by atoms with Crippen LogP contribution in [0.1, 0.15) is 10.4 Å². The summed E-state index contributed by atoms with van der Waals surface area (Å²) in [4.78, 5) is 9.43. The third-order valence-electron chi connectivity index (χ3n) is 3.52. The highest BCUT2D eigenvalue weighted by atomic mass is 32.1. The number of nitrogens with one attached hydrogen (secondary N) is 1. The van der Waals surface area contributed by atoms with Gasteiger partial charge in [0.25, 0.3) is 0 Å². The first kappa shape index (κ1) is 16.2. The first-order chi connectivity index (χ1) is 11.4. The normalized spacial score (nSPS) is 11.5. The lowest BCUT2D eigenvalue weighted by molar-refractivity contribution is -0.271. The number of anilines is 1. The number of carboxylic acid groups (broad SMARTS) is 1. The molecule has 2 aromatic carbocycles. The molecule has 4 N–H and O–H groups in total. The highest BCUT2D eigenvalue weighted by Crippen LogP contribution is 2.36. The minimum atomic E-state index is -1.59. The number of benzene rings is 2. The topological polar surface area (TPSA) is 99.0 Å². The standard InChI is InChI=1S/C16H14N2O5S/c1-23-14-8-10(16(19)20)6-7-12(14)17-18(21,22)13-9-24-15-5-3-2-4-11(13)15/h2-9,17,21-22H,1H3/p+1. The fourth-order valence-electron chi connectivity index (χ4n) is 2.35. The van der Waals surface area contributed by atoms with E-state index in [2.05, 4.69) is 5.43 Å². The predicted octanol–water partition coefficient (Wildman–Crippen LogP) is 3.72. The summed E-state index contributed by atoms with van der Waals surface area (Å²) < 4.78 is 6.04. The van der Waals surface area contributed by atoms with Gasteiger partial charge in [-0.2, -0.15) is 5.43 Å². The summed E-state index contributed by atoms with van der Waals surface area (Å²) in [6.07, 6.45) is 0. The lowest BCUT2D eigenvalue weighted by atomic mass is 10.2. The number of nitrogens with zero attached hydrogens (tertiary/aromatic N) is 1. The van der Waals surface area contributed by atoms with Crippen LogP contribution in [0.2, 0.25) is 0 Å². The molecule has 0 aliphatic carbocycles. The number of thiophene rings is 1. The lowest BCUT2D eigenvalue weighted by Crippen LogP contribution is -2.47. The summed E-state index contributed by atoms with van der Waals surface area (Å²) in [6, 6.07) is 11.4. The number of hydrogen-bond donors (Lipinski definition) is 4. The molecule has 0 bridgehead atoms. The third-order valence-corrected chi connectivity index (χ3v) is 4.47. The van der Waals surface area contributed by atoms with Gasteiger partial charge in [0, 0.05) is 4.70 Å². The van der Waals surface area contributed by atoms with E-state index in [9.17, 15) is 15.2 Å². The van der Waals surface area contributed by atoms with E-state index in [0.29, 0.717) is 5.39 Å². The highest BCUT2D eigenvalue weighted by molar-refractivity contribution is 7.17. The molecule has 0 atom stereocenters. The van der Waals surface area contributed by atoms with Gasteiger partial charge in [0.05, 0.1) is 28.4 Å². The van der Waals surface area contributed by atoms with Crippen LogP contribution in [-0.2, 0) is 0 Å². The summed E-state index contributed by atoms with van der Waals surface area (Å²) in [5.41, 5.74) is 3.06. The zero-order valence-electron chi connectivity index (χ0n) is 12.6. The van der Waals surface area contributed by atoms with E-state index in [0.717, 1.165) is 4.70 Å². The molecule has 0 radical (unpaired) electrons. The average Bonchev–Trinajstić information content (AvgIpc) is 2.99. The molecule has 0 saturated carbocycles. The quantitative estimate of drug-likeness (QED) is 0.415. The number of methoxy groups -OCH3 is 1. The van der Waals surface area contributed by atoms with Crippen LogP contribution in [-0.4, -0.2) is 28.6 Å². The molecule has 24 heavy (non-hydrogen) atoms. The van der Waals surface area contributed by atoms with Crippen LogP contribution in [0.3, 0.4) is 0 Å². The fraction of sp³-hybridized carbons (Fsp3) is 0.0625. The Kier molecular flexibility index (Phi) is 4.12. The molecule has 0 fully saturated rings. The Labute approximate surface area is 141 Å². The van der Waals surface area contributed by atoms with E-state index in [4.69, 9.17) is 9.84 Å². The van der Waals surface area contributed by atoms with Gasteiger partial charge in [0.1, 0.15) is 11.4 Å². The first-order valence-corrected chi connectivity index (χ1v) is 7.81. The van der Waals surface area contributed by atoms with Gasteiger partial charge in [-0.3, -0.25) is 0 Å². The Hall–Kier alpha value is -2.65. The van der Waals surface area contributed by atoms with Crippen LogP contribution in [0.15, 0.2) is 47.8 Å². The SMILES string of the molecule is COc1cc(C(=O)O)ccc1N[N+](O)(O)c1csc2ccccc12. The Morgan fingerprint density at radius 2 is 1.96 bits per heavy atom. The van der Waals surface area contributed by atoms with E-state index in [1.807, 2.05) is 12.1 Å². The van der Waals surface area contributed by atoms with Crippen molar-refractivity contribution in [2.24, 2.45) is 0 Å². The Balaban J connectivity index is 1.99. The lowest BCUT2D eigenvalue weighted by Gasteiger charge is -2.22. The van der Waals surface area contributed by atoms with Crippen molar-refractivity contribution >= 4 is 38.8 Å². The number of hydrogen-bond acceptors (Lipinski definition) is 6. The van der Waals surface area contributed by atoms with Gasteiger partial charge < -0.3 is 9.84 Å². The number of carboxylic acids is 1. The maximum absolute atomic E-state index is 11.0. The second-order valence-corrected chi connectivity index (χ2v) is 5.96. The molecule has 0 spiro atoms. The van der Waals surface area contributed by atoms with Crippen molar-refractivity contribution in [1.82, 2.24) is 4.92 Å². The predicted molar refractivity (Wildman–Crippen MR) is 90.8 cm³/mol. The highest BCUT2D eigenvalue weighted by Gasteiger charge is 2.32. The number of aromatic carboxylic acids is 1. The molecule has 124 valence electrons. The molecule has 0 aliphatic rings. The summed E-state index contributed by atoms with van der Waals surface area (Å²) in [6.45, 7) is 0. The maximum atomic E-state index is 11.0. The first-order valence-electron chi connectivity index (χ1n) is 6.93. The fourth-order valence-corrected chi connectivity index (χ4v) is 3.32. The van der Waals surface area contributed by atoms with Crippen molar-refractivity contribution in [3.8, 4) is 5.75 Å². The number of fused-ring (bicyclic) bond motifs is 1. The summed E-state index contributed by atoms with van der Waals surface area (Å²) >= 11 is 1.38. The van der Waals surface area contributed by atoms with E-state index >= 15 is 0 Å². The molecule has 1 aromatic heterocycles. The summed E-state index contributed by atoms with van der Waals surface area (Å²) in [5, 5.41) is 32.2. The van der Waals surface area contributed by atoms with Crippen molar-refractivity contribution < 1.29 is 25.1 Å². The van der Waals surface area contributed by atoms with Gasteiger partial charge in [0.15, 0.2) is 0 Å². The zero-order valence-corrected chi connectivity index (χ0v) is 13.4. The molecule has 0 unspecified atom stereocenters. The van der Waals surface area contributed by atoms with Gasteiger partial charge in [-0.1, -0.05) is 12.1 Å². The molecule has 3 rings (SSSR count). The van der Waals surface area contributed by atoms with Crippen LogP contribution in [0.5, 0.6) is 5.75 Å². The monoisotopic (exact) mass is 347 g/mol. The molecule has 0 aliphatic heterocycles. The van der Waals surface area contributed by atoms with Crippen molar-refractivity contribution in [1.29, 1.82) is 0 Å². The molecule has 1 heterocycles. The van der Waals surface area contributed by atoms with Gasteiger partial charge in [-0.15, -0.1) is 21.8 Å². The average molecular weight is 347 g/mol. The van der Waals surface area contributed by atoms with Gasteiger partial charge >= 0.3 is 5.97 Å². The molecule has 8 heteroatoms. The minimum absolute atomic E-state index is 0.0346. The maximum Gasteiger partial charge on any atom is 0.335 e. The van der Waals surface area contributed by atoms with Gasteiger partial charge in [-0.25, -0.2) is 4.79 Å². The van der Waals surface area contributed by atoms with E-state index < -0.39 is 10.9 Å². The minimum Gasteiger partial charge on any atom is -0.494 e. The number of quaternary nitrogens is 1.